The van der Waals surface area contributed by atoms with Gasteiger partial charge in [0.15, 0.2) is 0 Å². The Morgan fingerprint density at radius 1 is 1.00 bits per heavy atom. The number of amides is 2. The zero-order chi connectivity index (χ0) is 17.5. The summed E-state index contributed by atoms with van der Waals surface area (Å²) in [5.41, 5.74) is 0.688. The van der Waals surface area contributed by atoms with Crippen LogP contribution in [0.5, 0.6) is 0 Å². The first-order valence-corrected chi connectivity index (χ1v) is 8.65. The lowest BCUT2D eigenvalue weighted by Gasteiger charge is -2.23. The number of carbonyl (C=O) groups is 2. The van der Waals surface area contributed by atoms with E-state index in [0.717, 1.165) is 25.7 Å². The van der Waals surface area contributed by atoms with Crippen LogP contribution in [0, 0.1) is 0 Å². The second kappa shape index (κ2) is 8.33. The highest BCUT2D eigenvalue weighted by molar-refractivity contribution is 6.05. The third-order valence-electron chi connectivity index (χ3n) is 4.30. The van der Waals surface area contributed by atoms with E-state index in [9.17, 15) is 9.59 Å². The predicted octanol–water partition coefficient (Wildman–Crippen LogP) is 3.50. The minimum atomic E-state index is -0.322. The Bertz CT molecular complexity index is 730. The second-order valence-corrected chi connectivity index (χ2v) is 6.20. The van der Waals surface area contributed by atoms with Crippen LogP contribution >= 0.6 is 0 Å². The first-order valence-electron chi connectivity index (χ1n) is 8.65. The van der Waals surface area contributed by atoms with Crippen molar-refractivity contribution >= 4 is 17.9 Å². The molecule has 1 aliphatic rings. The van der Waals surface area contributed by atoms with E-state index < -0.39 is 0 Å². The van der Waals surface area contributed by atoms with Crippen LogP contribution in [0.15, 0.2) is 58.8 Å². The zero-order valence-corrected chi connectivity index (χ0v) is 14.0. The predicted molar refractivity (Wildman–Crippen MR) is 95.6 cm³/mol. The summed E-state index contributed by atoms with van der Waals surface area (Å²) in [6, 6.07) is 12.5. The number of carbonyl (C=O) groups excluding carboxylic acids is 2. The Balaban J connectivity index is 1.75. The first-order chi connectivity index (χ1) is 12.2. The van der Waals surface area contributed by atoms with Crippen LogP contribution < -0.4 is 10.6 Å². The van der Waals surface area contributed by atoms with Gasteiger partial charge in [-0.3, -0.25) is 9.59 Å². The fourth-order valence-corrected chi connectivity index (χ4v) is 2.97. The van der Waals surface area contributed by atoms with Crippen LogP contribution in [0.25, 0.3) is 6.08 Å². The summed E-state index contributed by atoms with van der Waals surface area (Å²) in [5.74, 6) is -0.0908. The van der Waals surface area contributed by atoms with Crippen LogP contribution in [0.1, 0.15) is 48.2 Å². The smallest absolute Gasteiger partial charge is 0.268 e. The fraction of sp³-hybridized carbons (Fsp3) is 0.300. The topological polar surface area (TPSA) is 71.3 Å². The highest BCUT2D eigenvalue weighted by Crippen LogP contribution is 2.18. The summed E-state index contributed by atoms with van der Waals surface area (Å²) >= 11 is 0. The summed E-state index contributed by atoms with van der Waals surface area (Å²) in [6.07, 6.45) is 8.50. The van der Waals surface area contributed by atoms with Gasteiger partial charge in [-0.15, -0.1) is 0 Å². The SMILES string of the molecule is O=C(NC1CCCCC1)/C(=C\c1ccco1)NC(=O)c1ccccc1. The Labute approximate surface area is 147 Å². The molecular formula is C20H22N2O3. The summed E-state index contributed by atoms with van der Waals surface area (Å²) in [5, 5.41) is 5.74. The molecule has 0 aliphatic heterocycles. The molecule has 0 spiro atoms. The molecule has 1 aromatic heterocycles. The standard InChI is InChI=1S/C20H22N2O3/c23-19(15-8-3-1-4-9-15)22-18(14-17-12-7-13-25-17)20(24)21-16-10-5-2-6-11-16/h1,3-4,7-9,12-14,16H,2,5-6,10-11H2,(H,21,24)(H,22,23)/b18-14+. The van der Waals surface area contributed by atoms with Gasteiger partial charge in [-0.1, -0.05) is 37.5 Å². The van der Waals surface area contributed by atoms with E-state index in [1.807, 2.05) is 6.07 Å². The maximum atomic E-state index is 12.7. The molecule has 0 atom stereocenters. The van der Waals surface area contributed by atoms with E-state index in [1.165, 1.54) is 12.7 Å². The molecule has 2 N–H and O–H groups in total. The molecule has 0 radical (unpaired) electrons. The number of furan rings is 1. The molecule has 1 aromatic carbocycles. The lowest BCUT2D eigenvalue weighted by atomic mass is 9.95. The Kier molecular flexibility index (Phi) is 5.67. The van der Waals surface area contributed by atoms with Crippen LogP contribution in [-0.4, -0.2) is 17.9 Å². The van der Waals surface area contributed by atoms with Crippen molar-refractivity contribution in [3.8, 4) is 0 Å². The third-order valence-corrected chi connectivity index (χ3v) is 4.30. The largest absolute Gasteiger partial charge is 0.465 e. The molecule has 2 aromatic rings. The molecule has 0 saturated heterocycles. The normalized spacial score (nSPS) is 15.6. The molecule has 0 bridgehead atoms. The van der Waals surface area contributed by atoms with Crippen molar-refractivity contribution < 1.29 is 14.0 Å². The van der Waals surface area contributed by atoms with E-state index in [-0.39, 0.29) is 23.6 Å². The number of rotatable bonds is 5. The Hall–Kier alpha value is -2.82. The lowest BCUT2D eigenvalue weighted by Crippen LogP contribution is -2.41. The Morgan fingerprint density at radius 2 is 1.76 bits per heavy atom. The van der Waals surface area contributed by atoms with Crippen LogP contribution in [-0.2, 0) is 4.79 Å². The van der Waals surface area contributed by atoms with Gasteiger partial charge in [-0.2, -0.15) is 0 Å². The van der Waals surface area contributed by atoms with E-state index in [1.54, 1.807) is 42.5 Å². The molecule has 1 saturated carbocycles. The number of hydrogen-bond donors (Lipinski definition) is 2. The van der Waals surface area contributed by atoms with Crippen molar-refractivity contribution in [2.45, 2.75) is 38.1 Å². The van der Waals surface area contributed by atoms with Gasteiger partial charge < -0.3 is 15.1 Å². The quantitative estimate of drug-likeness (QED) is 0.820. The van der Waals surface area contributed by atoms with Crippen molar-refractivity contribution in [2.75, 3.05) is 0 Å². The van der Waals surface area contributed by atoms with E-state index in [4.69, 9.17) is 4.42 Å². The van der Waals surface area contributed by atoms with Crippen LogP contribution in [0.2, 0.25) is 0 Å². The summed E-state index contributed by atoms with van der Waals surface area (Å²) in [7, 11) is 0. The molecule has 130 valence electrons. The number of hydrogen-bond acceptors (Lipinski definition) is 3. The molecule has 5 heteroatoms. The zero-order valence-electron chi connectivity index (χ0n) is 14.0. The van der Waals surface area contributed by atoms with Gasteiger partial charge in [0.05, 0.1) is 6.26 Å². The monoisotopic (exact) mass is 338 g/mol. The van der Waals surface area contributed by atoms with Gasteiger partial charge >= 0.3 is 0 Å². The third kappa shape index (κ3) is 4.83. The van der Waals surface area contributed by atoms with Gasteiger partial charge in [0.2, 0.25) is 0 Å². The summed E-state index contributed by atoms with van der Waals surface area (Å²) < 4.78 is 5.28. The molecule has 3 rings (SSSR count). The number of benzene rings is 1. The molecular weight excluding hydrogens is 316 g/mol. The van der Waals surface area contributed by atoms with Gasteiger partial charge in [-0.05, 0) is 37.1 Å². The van der Waals surface area contributed by atoms with E-state index in [0.29, 0.717) is 11.3 Å². The molecule has 0 unspecified atom stereocenters. The van der Waals surface area contributed by atoms with Crippen LogP contribution in [0.4, 0.5) is 0 Å². The van der Waals surface area contributed by atoms with Gasteiger partial charge in [0, 0.05) is 17.7 Å². The van der Waals surface area contributed by atoms with Crippen molar-refractivity contribution in [2.24, 2.45) is 0 Å². The number of nitrogens with one attached hydrogen (secondary N) is 2. The minimum absolute atomic E-state index is 0.162. The highest BCUT2D eigenvalue weighted by atomic mass is 16.3. The van der Waals surface area contributed by atoms with Gasteiger partial charge in [0.25, 0.3) is 11.8 Å². The summed E-state index contributed by atoms with van der Waals surface area (Å²) in [6.45, 7) is 0. The van der Waals surface area contributed by atoms with Crippen molar-refractivity contribution in [3.05, 3.63) is 65.7 Å². The highest BCUT2D eigenvalue weighted by Gasteiger charge is 2.20. The minimum Gasteiger partial charge on any atom is -0.465 e. The van der Waals surface area contributed by atoms with E-state index in [2.05, 4.69) is 10.6 Å². The van der Waals surface area contributed by atoms with Gasteiger partial charge in [0.1, 0.15) is 11.5 Å². The van der Waals surface area contributed by atoms with E-state index >= 15 is 0 Å². The fourth-order valence-electron chi connectivity index (χ4n) is 2.97. The molecule has 1 aliphatic carbocycles. The first kappa shape index (κ1) is 17.0. The molecule has 1 heterocycles. The molecule has 25 heavy (non-hydrogen) atoms. The average molecular weight is 338 g/mol. The maximum absolute atomic E-state index is 12.7. The second-order valence-electron chi connectivity index (χ2n) is 6.20. The maximum Gasteiger partial charge on any atom is 0.268 e. The lowest BCUT2D eigenvalue weighted by molar-refractivity contribution is -0.118. The van der Waals surface area contributed by atoms with Crippen molar-refractivity contribution in [1.29, 1.82) is 0 Å². The summed E-state index contributed by atoms with van der Waals surface area (Å²) in [4.78, 5) is 25.1. The average Bonchev–Trinajstić information content (AvgIpc) is 3.16. The van der Waals surface area contributed by atoms with Gasteiger partial charge in [-0.25, -0.2) is 0 Å². The molecule has 5 nitrogen and oxygen atoms in total. The van der Waals surface area contributed by atoms with Crippen molar-refractivity contribution in [1.82, 2.24) is 10.6 Å². The molecule has 2 amide bonds. The molecule has 1 fully saturated rings. The van der Waals surface area contributed by atoms with Crippen LogP contribution in [0.3, 0.4) is 0 Å². The van der Waals surface area contributed by atoms with Crippen molar-refractivity contribution in [3.63, 3.8) is 0 Å². The Morgan fingerprint density at radius 3 is 2.44 bits per heavy atom.